The topological polar surface area (TPSA) is 75.4 Å². The minimum absolute atomic E-state index is 0.149. The van der Waals surface area contributed by atoms with Crippen LogP contribution in [0.1, 0.15) is 29.0 Å². The summed E-state index contributed by atoms with van der Waals surface area (Å²) >= 11 is 0. The van der Waals surface area contributed by atoms with Gasteiger partial charge in [0.15, 0.2) is 0 Å². The van der Waals surface area contributed by atoms with Gasteiger partial charge in [-0.15, -0.1) is 0 Å². The van der Waals surface area contributed by atoms with Crippen molar-refractivity contribution in [1.82, 2.24) is 10.5 Å². The number of hydrogen-bond acceptors (Lipinski definition) is 4. The molecule has 2 N–H and O–H groups in total. The number of aliphatic hydroxyl groups is 1. The summed E-state index contributed by atoms with van der Waals surface area (Å²) in [7, 11) is 0. The first-order valence-corrected chi connectivity index (χ1v) is 6.67. The van der Waals surface area contributed by atoms with Crippen molar-refractivity contribution in [3.63, 3.8) is 0 Å². The lowest BCUT2D eigenvalue weighted by atomic mass is 9.88. The van der Waals surface area contributed by atoms with Gasteiger partial charge in [-0.05, 0) is 24.3 Å². The lowest BCUT2D eigenvalue weighted by Crippen LogP contribution is -2.42. The highest BCUT2D eigenvalue weighted by atomic mass is 16.5. The Hall–Kier alpha value is -2.14. The Labute approximate surface area is 116 Å². The van der Waals surface area contributed by atoms with Gasteiger partial charge >= 0.3 is 0 Å². The van der Waals surface area contributed by atoms with Crippen LogP contribution in [0.5, 0.6) is 0 Å². The van der Waals surface area contributed by atoms with E-state index >= 15 is 0 Å². The van der Waals surface area contributed by atoms with E-state index in [0.717, 1.165) is 18.4 Å². The second kappa shape index (κ2) is 5.09. The molecule has 1 atom stereocenters. The molecular formula is C15H16N2O3. The molecule has 1 aromatic heterocycles. The summed E-state index contributed by atoms with van der Waals surface area (Å²) in [6.07, 6.45) is 3.37. The minimum Gasteiger partial charge on any atom is -0.383 e. The second-order valence-electron chi connectivity index (χ2n) is 5.12. The summed E-state index contributed by atoms with van der Waals surface area (Å²) in [5, 5.41) is 17.1. The predicted octanol–water partition coefficient (Wildman–Crippen LogP) is 1.70. The summed E-state index contributed by atoms with van der Waals surface area (Å²) in [5.41, 5.74) is -0.183. The fourth-order valence-corrected chi connectivity index (χ4v) is 2.40. The van der Waals surface area contributed by atoms with Gasteiger partial charge in [-0.2, -0.15) is 0 Å². The summed E-state index contributed by atoms with van der Waals surface area (Å²) < 4.78 is 4.80. The van der Waals surface area contributed by atoms with Crippen molar-refractivity contribution in [3.8, 4) is 0 Å². The lowest BCUT2D eigenvalue weighted by Gasteiger charge is -2.29. The molecule has 0 bridgehead atoms. The van der Waals surface area contributed by atoms with Crippen molar-refractivity contribution in [3.05, 3.63) is 53.9 Å². The Balaban J connectivity index is 1.74. The van der Waals surface area contributed by atoms with Crippen molar-refractivity contribution in [2.24, 2.45) is 5.92 Å². The average Bonchev–Trinajstić information content (AvgIpc) is 3.21. The fourth-order valence-electron chi connectivity index (χ4n) is 2.40. The van der Waals surface area contributed by atoms with Crippen molar-refractivity contribution < 1.29 is 14.4 Å². The first-order valence-electron chi connectivity index (χ1n) is 6.67. The van der Waals surface area contributed by atoms with E-state index in [1.54, 1.807) is 0 Å². The fraction of sp³-hybridized carbons (Fsp3) is 0.333. The van der Waals surface area contributed by atoms with Crippen molar-refractivity contribution in [1.29, 1.82) is 0 Å². The molecule has 104 valence electrons. The first-order chi connectivity index (χ1) is 9.70. The molecule has 0 aliphatic heterocycles. The van der Waals surface area contributed by atoms with Gasteiger partial charge in [-0.1, -0.05) is 35.5 Å². The molecule has 1 aliphatic carbocycles. The van der Waals surface area contributed by atoms with Crippen LogP contribution in [0.15, 0.2) is 47.1 Å². The molecule has 2 aromatic rings. The van der Waals surface area contributed by atoms with Crippen LogP contribution >= 0.6 is 0 Å². The molecule has 0 spiro atoms. The van der Waals surface area contributed by atoms with E-state index in [-0.39, 0.29) is 24.1 Å². The maximum Gasteiger partial charge on any atom is 0.290 e. The van der Waals surface area contributed by atoms with E-state index in [4.69, 9.17) is 4.52 Å². The van der Waals surface area contributed by atoms with Crippen molar-refractivity contribution >= 4 is 5.91 Å². The predicted molar refractivity (Wildman–Crippen MR) is 71.9 cm³/mol. The highest BCUT2D eigenvalue weighted by Crippen LogP contribution is 2.45. The Morgan fingerprint density at radius 1 is 1.35 bits per heavy atom. The van der Waals surface area contributed by atoms with Gasteiger partial charge in [0.05, 0.1) is 12.7 Å². The maximum absolute atomic E-state index is 11.9. The summed E-state index contributed by atoms with van der Waals surface area (Å²) in [6, 6.07) is 11.0. The molecule has 1 amide bonds. The molecule has 1 aliphatic rings. The average molecular weight is 272 g/mol. The zero-order chi connectivity index (χ0) is 14.0. The van der Waals surface area contributed by atoms with E-state index in [0.29, 0.717) is 0 Å². The number of benzene rings is 1. The minimum atomic E-state index is -1.02. The maximum atomic E-state index is 11.9. The molecule has 1 saturated carbocycles. The normalized spacial score (nSPS) is 17.4. The summed E-state index contributed by atoms with van der Waals surface area (Å²) in [5.74, 6) is -0.0198. The third-order valence-corrected chi connectivity index (χ3v) is 3.71. The smallest absolute Gasteiger partial charge is 0.290 e. The molecule has 1 aromatic carbocycles. The van der Waals surface area contributed by atoms with E-state index in [1.165, 1.54) is 12.3 Å². The number of nitrogens with one attached hydrogen (secondary N) is 1. The monoisotopic (exact) mass is 272 g/mol. The van der Waals surface area contributed by atoms with Crippen LogP contribution in [-0.4, -0.2) is 22.7 Å². The molecule has 0 radical (unpaired) electrons. The van der Waals surface area contributed by atoms with Crippen LogP contribution in [-0.2, 0) is 5.60 Å². The van der Waals surface area contributed by atoms with Crippen LogP contribution in [0.3, 0.4) is 0 Å². The SMILES string of the molecule is O=C(NCC(O)(c1ccccc1)C1CC1)c1ccno1. The van der Waals surface area contributed by atoms with Crippen LogP contribution in [0.2, 0.25) is 0 Å². The van der Waals surface area contributed by atoms with Gasteiger partial charge in [0.25, 0.3) is 5.91 Å². The van der Waals surface area contributed by atoms with Crippen molar-refractivity contribution in [2.75, 3.05) is 6.54 Å². The molecule has 0 saturated heterocycles. The molecule has 5 heteroatoms. The molecular weight excluding hydrogens is 256 g/mol. The number of aromatic nitrogens is 1. The number of carbonyl (C=O) groups excluding carboxylic acids is 1. The zero-order valence-electron chi connectivity index (χ0n) is 11.0. The molecule has 1 heterocycles. The number of nitrogens with zero attached hydrogens (tertiary/aromatic N) is 1. The number of hydrogen-bond donors (Lipinski definition) is 2. The van der Waals surface area contributed by atoms with Gasteiger partial charge in [0, 0.05) is 6.07 Å². The first kappa shape index (κ1) is 12.9. The Bertz CT molecular complexity index is 578. The third kappa shape index (κ3) is 2.44. The second-order valence-corrected chi connectivity index (χ2v) is 5.12. The van der Waals surface area contributed by atoms with Gasteiger partial charge < -0.3 is 14.9 Å². The van der Waals surface area contributed by atoms with Crippen LogP contribution in [0, 0.1) is 5.92 Å². The van der Waals surface area contributed by atoms with Crippen LogP contribution in [0.4, 0.5) is 0 Å². The lowest BCUT2D eigenvalue weighted by molar-refractivity contribution is 0.0131. The van der Waals surface area contributed by atoms with Crippen LogP contribution < -0.4 is 5.32 Å². The number of amides is 1. The van der Waals surface area contributed by atoms with Crippen molar-refractivity contribution in [2.45, 2.75) is 18.4 Å². The largest absolute Gasteiger partial charge is 0.383 e. The summed E-state index contributed by atoms with van der Waals surface area (Å²) in [4.78, 5) is 11.9. The third-order valence-electron chi connectivity index (χ3n) is 3.71. The van der Waals surface area contributed by atoms with Gasteiger partial charge in [-0.3, -0.25) is 4.79 Å². The highest BCUT2D eigenvalue weighted by Gasteiger charge is 2.45. The zero-order valence-corrected chi connectivity index (χ0v) is 11.0. The molecule has 1 unspecified atom stereocenters. The van der Waals surface area contributed by atoms with Gasteiger partial charge in [0.1, 0.15) is 5.60 Å². The van der Waals surface area contributed by atoms with E-state index in [2.05, 4.69) is 10.5 Å². The highest BCUT2D eigenvalue weighted by molar-refractivity contribution is 5.91. The van der Waals surface area contributed by atoms with E-state index in [1.807, 2.05) is 30.3 Å². The Kier molecular flexibility index (Phi) is 3.28. The Morgan fingerprint density at radius 2 is 2.10 bits per heavy atom. The van der Waals surface area contributed by atoms with Crippen LogP contribution in [0.25, 0.3) is 0 Å². The molecule has 5 nitrogen and oxygen atoms in total. The number of carbonyl (C=O) groups is 1. The number of rotatable bonds is 5. The van der Waals surface area contributed by atoms with Gasteiger partial charge in [-0.25, -0.2) is 0 Å². The summed E-state index contributed by atoms with van der Waals surface area (Å²) in [6.45, 7) is 0.168. The molecule has 1 fully saturated rings. The quantitative estimate of drug-likeness (QED) is 0.868. The molecule has 3 rings (SSSR count). The standard InChI is InChI=1S/C15H16N2O3/c18-14(13-8-9-17-20-13)16-10-15(19,12-6-7-12)11-4-2-1-3-5-11/h1-5,8-9,12,19H,6-7,10H2,(H,16,18). The Morgan fingerprint density at radius 3 is 2.70 bits per heavy atom. The van der Waals surface area contributed by atoms with Gasteiger partial charge in [0.2, 0.25) is 5.76 Å². The van der Waals surface area contributed by atoms with E-state index in [9.17, 15) is 9.90 Å². The molecule has 20 heavy (non-hydrogen) atoms. The van der Waals surface area contributed by atoms with E-state index < -0.39 is 5.60 Å².